The maximum atomic E-state index is 14.0. The second-order valence-electron chi connectivity index (χ2n) is 8.37. The number of amides is 1. The Kier molecular flexibility index (Phi) is 6.95. The van der Waals surface area contributed by atoms with Gasteiger partial charge in [-0.15, -0.1) is 0 Å². The lowest BCUT2D eigenvalue weighted by atomic mass is 9.98. The fourth-order valence-electron chi connectivity index (χ4n) is 3.96. The van der Waals surface area contributed by atoms with Crippen molar-refractivity contribution in [3.63, 3.8) is 0 Å². The number of nitrogens with zero attached hydrogens (tertiary/aromatic N) is 2. The monoisotopic (exact) mass is 483 g/mol. The molecule has 9 heteroatoms. The van der Waals surface area contributed by atoms with Crippen molar-refractivity contribution in [1.82, 2.24) is 9.46 Å². The van der Waals surface area contributed by atoms with Crippen LogP contribution in [0.4, 0.5) is 10.1 Å². The summed E-state index contributed by atoms with van der Waals surface area (Å²) in [5.74, 6) is -1.11. The van der Waals surface area contributed by atoms with Gasteiger partial charge in [0.2, 0.25) is 15.9 Å². The van der Waals surface area contributed by atoms with E-state index in [4.69, 9.17) is 4.52 Å². The Labute approximate surface area is 198 Å². The zero-order chi connectivity index (χ0) is 24.3. The maximum Gasteiger partial charge on any atom is 0.248 e. The average Bonchev–Trinajstić information content (AvgIpc) is 3.21. The molecular weight excluding hydrogens is 457 g/mol. The summed E-state index contributed by atoms with van der Waals surface area (Å²) in [6, 6.07) is 13.6. The predicted molar refractivity (Wildman–Crippen MR) is 128 cm³/mol. The van der Waals surface area contributed by atoms with Crippen LogP contribution in [-0.2, 0) is 14.8 Å². The van der Waals surface area contributed by atoms with E-state index in [1.165, 1.54) is 22.5 Å². The van der Waals surface area contributed by atoms with E-state index in [2.05, 4.69) is 10.5 Å². The number of piperidine rings is 1. The summed E-state index contributed by atoms with van der Waals surface area (Å²) in [5.41, 5.74) is 2.26. The highest BCUT2D eigenvalue weighted by atomic mass is 32.2. The van der Waals surface area contributed by atoms with Crippen LogP contribution in [0.2, 0.25) is 0 Å². The molecule has 1 aromatic heterocycles. The largest absolute Gasteiger partial charge is 0.355 e. The van der Waals surface area contributed by atoms with Crippen molar-refractivity contribution in [2.75, 3.05) is 18.4 Å². The van der Waals surface area contributed by atoms with Crippen LogP contribution in [0.3, 0.4) is 0 Å². The van der Waals surface area contributed by atoms with Crippen LogP contribution in [0.1, 0.15) is 35.4 Å². The molecule has 1 unspecified atom stereocenters. The highest BCUT2D eigenvalue weighted by molar-refractivity contribution is 7.89. The molecule has 0 aliphatic carbocycles. The van der Waals surface area contributed by atoms with Crippen LogP contribution in [0, 0.1) is 25.6 Å². The highest BCUT2D eigenvalue weighted by Gasteiger charge is 2.37. The Morgan fingerprint density at radius 2 is 1.88 bits per heavy atom. The molecule has 1 aliphatic rings. The summed E-state index contributed by atoms with van der Waals surface area (Å²) in [6.45, 7) is 3.85. The molecule has 0 saturated carbocycles. The third kappa shape index (κ3) is 5.10. The van der Waals surface area contributed by atoms with E-state index in [-0.39, 0.29) is 35.3 Å². The number of nitrogens with one attached hydrogen (secondary N) is 1. The normalized spacial score (nSPS) is 17.2. The van der Waals surface area contributed by atoms with Gasteiger partial charge in [-0.2, -0.15) is 4.31 Å². The van der Waals surface area contributed by atoms with Gasteiger partial charge in [-0.05, 0) is 57.0 Å². The maximum absolute atomic E-state index is 14.0. The standard InChI is InChI=1S/C25H26FN3O4S/c1-17-9-12-21(13-10-17)27-25(30)20-7-5-15-29(16-20)34(31,32)24-18(2)28-33-23(24)14-11-19-6-3-4-8-22(19)26/h3-4,6,8-14,20H,5,7,15-16H2,1-2H3,(H,27,30)/b14-11+. The number of carbonyl (C=O) groups excluding carboxylic acids is 1. The van der Waals surface area contributed by atoms with Crippen molar-refractivity contribution in [2.45, 2.75) is 31.6 Å². The minimum atomic E-state index is -3.99. The van der Waals surface area contributed by atoms with Gasteiger partial charge in [0.05, 0.1) is 5.92 Å². The molecule has 3 aromatic rings. The summed E-state index contributed by atoms with van der Waals surface area (Å²) in [5, 5.41) is 6.70. The van der Waals surface area contributed by atoms with Crippen molar-refractivity contribution in [1.29, 1.82) is 0 Å². The third-order valence-corrected chi connectivity index (χ3v) is 7.85. The molecule has 34 heavy (non-hydrogen) atoms. The van der Waals surface area contributed by atoms with Crippen molar-refractivity contribution in [3.8, 4) is 0 Å². The van der Waals surface area contributed by atoms with E-state index in [9.17, 15) is 17.6 Å². The quantitative estimate of drug-likeness (QED) is 0.551. The zero-order valence-corrected chi connectivity index (χ0v) is 19.8. The molecule has 0 spiro atoms. The topological polar surface area (TPSA) is 92.5 Å². The zero-order valence-electron chi connectivity index (χ0n) is 19.0. The Hall–Kier alpha value is -3.30. The first-order valence-corrected chi connectivity index (χ1v) is 12.5. The molecule has 1 saturated heterocycles. The van der Waals surface area contributed by atoms with Gasteiger partial charge >= 0.3 is 0 Å². The number of carbonyl (C=O) groups is 1. The summed E-state index contributed by atoms with van der Waals surface area (Å²) in [6.07, 6.45) is 3.99. The summed E-state index contributed by atoms with van der Waals surface area (Å²) >= 11 is 0. The fraction of sp³-hybridized carbons (Fsp3) is 0.280. The predicted octanol–water partition coefficient (Wildman–Crippen LogP) is 4.64. The van der Waals surface area contributed by atoms with Gasteiger partial charge < -0.3 is 9.84 Å². The summed E-state index contributed by atoms with van der Waals surface area (Å²) in [4.78, 5) is 12.8. The minimum Gasteiger partial charge on any atom is -0.355 e. The van der Waals surface area contributed by atoms with Gasteiger partial charge in [-0.25, -0.2) is 12.8 Å². The van der Waals surface area contributed by atoms with E-state index in [1.807, 2.05) is 31.2 Å². The van der Waals surface area contributed by atoms with E-state index < -0.39 is 21.8 Å². The highest BCUT2D eigenvalue weighted by Crippen LogP contribution is 2.30. The molecule has 1 atom stereocenters. The summed E-state index contributed by atoms with van der Waals surface area (Å²) in [7, 11) is -3.99. The van der Waals surface area contributed by atoms with Crippen LogP contribution in [0.15, 0.2) is 57.9 Å². The van der Waals surface area contributed by atoms with Crippen LogP contribution >= 0.6 is 0 Å². The first kappa shape index (κ1) is 23.8. The molecule has 0 radical (unpaired) electrons. The SMILES string of the molecule is Cc1ccc(NC(=O)C2CCCN(S(=O)(=O)c3c(C)noc3/C=C/c3ccccc3F)C2)cc1. The first-order chi connectivity index (χ1) is 16.3. The van der Waals surface area contributed by atoms with E-state index in [0.717, 1.165) is 5.56 Å². The lowest BCUT2D eigenvalue weighted by Crippen LogP contribution is -2.43. The molecule has 1 fully saturated rings. The summed E-state index contributed by atoms with van der Waals surface area (Å²) < 4.78 is 47.5. The van der Waals surface area contributed by atoms with Crippen LogP contribution in [0.5, 0.6) is 0 Å². The molecule has 0 bridgehead atoms. The number of rotatable bonds is 6. The van der Waals surface area contributed by atoms with Crippen molar-refractivity contribution in [2.24, 2.45) is 5.92 Å². The third-order valence-electron chi connectivity index (χ3n) is 5.82. The van der Waals surface area contributed by atoms with Crippen LogP contribution in [-0.4, -0.2) is 36.9 Å². The van der Waals surface area contributed by atoms with Crippen LogP contribution in [0.25, 0.3) is 12.2 Å². The van der Waals surface area contributed by atoms with E-state index >= 15 is 0 Å². The molecular formula is C25H26FN3O4S. The van der Waals surface area contributed by atoms with Crippen molar-refractivity contribution in [3.05, 3.63) is 76.9 Å². The number of hydrogen-bond acceptors (Lipinski definition) is 5. The Morgan fingerprint density at radius 3 is 2.62 bits per heavy atom. The number of anilines is 1. The number of aromatic nitrogens is 1. The average molecular weight is 484 g/mol. The second-order valence-corrected chi connectivity index (χ2v) is 10.2. The Morgan fingerprint density at radius 1 is 1.15 bits per heavy atom. The van der Waals surface area contributed by atoms with Crippen LogP contribution < -0.4 is 5.32 Å². The van der Waals surface area contributed by atoms with Gasteiger partial charge in [0.15, 0.2) is 10.7 Å². The molecule has 4 rings (SSSR count). The van der Waals surface area contributed by atoms with Gasteiger partial charge in [0.1, 0.15) is 11.5 Å². The number of benzene rings is 2. The van der Waals surface area contributed by atoms with Gasteiger partial charge in [-0.1, -0.05) is 41.1 Å². The molecule has 2 heterocycles. The molecule has 178 valence electrons. The Bertz CT molecular complexity index is 1320. The number of sulfonamides is 1. The lowest BCUT2D eigenvalue weighted by Gasteiger charge is -2.31. The number of halogens is 1. The smallest absolute Gasteiger partial charge is 0.248 e. The molecule has 1 amide bonds. The molecule has 1 aliphatic heterocycles. The number of aryl methyl sites for hydroxylation is 2. The van der Waals surface area contributed by atoms with Gasteiger partial charge in [-0.3, -0.25) is 4.79 Å². The van der Waals surface area contributed by atoms with Crippen molar-refractivity contribution < 1.29 is 22.1 Å². The van der Waals surface area contributed by atoms with Gasteiger partial charge in [0, 0.05) is 24.3 Å². The fourth-order valence-corrected chi connectivity index (χ4v) is 5.73. The van der Waals surface area contributed by atoms with E-state index in [1.54, 1.807) is 25.1 Å². The minimum absolute atomic E-state index is 0.0204. The van der Waals surface area contributed by atoms with E-state index in [0.29, 0.717) is 24.1 Å². The van der Waals surface area contributed by atoms with Crippen molar-refractivity contribution >= 4 is 33.8 Å². The number of hydrogen-bond donors (Lipinski definition) is 1. The van der Waals surface area contributed by atoms with Gasteiger partial charge in [0.25, 0.3) is 0 Å². The first-order valence-electron chi connectivity index (χ1n) is 11.0. The molecule has 2 aromatic carbocycles. The molecule has 7 nitrogen and oxygen atoms in total. The molecule has 1 N–H and O–H groups in total. The lowest BCUT2D eigenvalue weighted by molar-refractivity contribution is -0.120. The second kappa shape index (κ2) is 9.90. The Balaban J connectivity index is 1.54.